The Morgan fingerprint density at radius 3 is 2.27 bits per heavy atom. The zero-order valence-electron chi connectivity index (χ0n) is 8.24. The third-order valence-corrected chi connectivity index (χ3v) is 2.00. The summed E-state index contributed by atoms with van der Waals surface area (Å²) in [5, 5.41) is 0. The van der Waals surface area contributed by atoms with E-state index in [0.29, 0.717) is 0 Å². The van der Waals surface area contributed by atoms with Crippen molar-refractivity contribution in [3.8, 4) is 0 Å². The third-order valence-electron chi connectivity index (χ3n) is 2.00. The average Bonchev–Trinajstić information content (AvgIpc) is 2.91. The summed E-state index contributed by atoms with van der Waals surface area (Å²) in [5.74, 6) is -0.126. The number of carbonyl (C=O) groups is 1. The first kappa shape index (κ1) is 9.39. The van der Waals surface area contributed by atoms with E-state index < -0.39 is 0 Å². The molecule has 0 atom stereocenters. The van der Waals surface area contributed by atoms with E-state index in [4.69, 9.17) is 0 Å². The maximum atomic E-state index is 11.6. The van der Waals surface area contributed by atoms with Crippen molar-refractivity contribution in [1.29, 1.82) is 0 Å². The minimum atomic E-state index is -0.126. The first-order valence-corrected chi connectivity index (χ1v) is 4.46. The van der Waals surface area contributed by atoms with Crippen molar-refractivity contribution in [3.05, 3.63) is 43.5 Å². The molecule has 0 radical (unpaired) electrons. The van der Waals surface area contributed by atoms with E-state index >= 15 is 0 Å². The van der Waals surface area contributed by atoms with Gasteiger partial charge in [-0.1, -0.05) is 0 Å². The summed E-state index contributed by atoms with van der Waals surface area (Å²) in [7, 11) is 0. The second-order valence-electron chi connectivity index (χ2n) is 3.06. The number of allylic oxidation sites excluding steroid dienone is 2. The molecule has 0 N–H and O–H groups in total. The topological polar surface area (TPSA) is 52.7 Å². The van der Waals surface area contributed by atoms with Crippen LogP contribution in [0.2, 0.25) is 0 Å². The van der Waals surface area contributed by atoms with Gasteiger partial charge in [0.1, 0.15) is 6.33 Å². The highest BCUT2D eigenvalue weighted by molar-refractivity contribution is 5.93. The lowest BCUT2D eigenvalue weighted by molar-refractivity contribution is 0.0969. The van der Waals surface area contributed by atoms with E-state index in [1.165, 1.54) is 17.0 Å². The van der Waals surface area contributed by atoms with Crippen LogP contribution in [0, 0.1) is 0 Å². The van der Waals surface area contributed by atoms with Crippen LogP contribution in [0.5, 0.6) is 0 Å². The van der Waals surface area contributed by atoms with Gasteiger partial charge in [0.15, 0.2) is 0 Å². The maximum absolute atomic E-state index is 11.6. The molecule has 0 amide bonds. The predicted molar refractivity (Wildman–Crippen MR) is 55.0 cm³/mol. The summed E-state index contributed by atoms with van der Waals surface area (Å²) >= 11 is 0. The molecule has 2 aromatic heterocycles. The molecule has 15 heavy (non-hydrogen) atoms. The molecule has 2 aromatic rings. The number of hydrogen-bond donors (Lipinski definition) is 0. The fraction of sp³-hybridized carbons (Fsp3) is 0.100. The molecule has 0 aromatic carbocycles. The quantitative estimate of drug-likeness (QED) is 0.689. The predicted octanol–water partition coefficient (Wildman–Crippen LogP) is 1.28. The highest BCUT2D eigenvalue weighted by atomic mass is 16.1. The number of rotatable bonds is 2. The SMILES string of the molecule is C/C(=C\C(=O)n1ccnc1)n1ccnc1. The van der Waals surface area contributed by atoms with Crippen LogP contribution in [0.3, 0.4) is 0 Å². The minimum absolute atomic E-state index is 0.126. The molecule has 5 nitrogen and oxygen atoms in total. The van der Waals surface area contributed by atoms with Gasteiger partial charge in [-0.05, 0) is 6.92 Å². The summed E-state index contributed by atoms with van der Waals surface area (Å²) in [6.45, 7) is 1.84. The smallest absolute Gasteiger partial charge is 0.257 e. The summed E-state index contributed by atoms with van der Waals surface area (Å²) in [5.41, 5.74) is 0.811. The van der Waals surface area contributed by atoms with Crippen LogP contribution in [0.1, 0.15) is 11.7 Å². The maximum Gasteiger partial charge on any atom is 0.257 e. The molecule has 0 unspecified atom stereocenters. The van der Waals surface area contributed by atoms with Gasteiger partial charge in [0.25, 0.3) is 5.91 Å². The van der Waals surface area contributed by atoms with E-state index in [9.17, 15) is 4.79 Å². The number of hydrogen-bond acceptors (Lipinski definition) is 3. The Kier molecular flexibility index (Phi) is 2.45. The van der Waals surface area contributed by atoms with Crippen molar-refractivity contribution in [3.63, 3.8) is 0 Å². The lowest BCUT2D eigenvalue weighted by Crippen LogP contribution is -2.06. The van der Waals surface area contributed by atoms with Crippen molar-refractivity contribution < 1.29 is 4.79 Å². The standard InChI is InChI=1S/C10H10N4O/c1-9(13-4-2-11-7-13)6-10(15)14-5-3-12-8-14/h2-8H,1H3/b9-6+. The van der Waals surface area contributed by atoms with Crippen molar-refractivity contribution in [2.75, 3.05) is 0 Å². The Bertz CT molecular complexity index is 468. The van der Waals surface area contributed by atoms with Crippen molar-refractivity contribution in [2.45, 2.75) is 6.92 Å². The van der Waals surface area contributed by atoms with Crippen LogP contribution in [0.4, 0.5) is 0 Å². The summed E-state index contributed by atoms with van der Waals surface area (Å²) < 4.78 is 3.19. The molecule has 0 fully saturated rings. The Hall–Kier alpha value is -2.17. The number of nitrogens with zero attached hydrogens (tertiary/aromatic N) is 4. The second kappa shape index (κ2) is 3.91. The van der Waals surface area contributed by atoms with Gasteiger partial charge in [0, 0.05) is 36.6 Å². The highest BCUT2D eigenvalue weighted by Gasteiger charge is 2.01. The monoisotopic (exact) mass is 202 g/mol. The molecule has 0 spiro atoms. The van der Waals surface area contributed by atoms with Gasteiger partial charge in [0.05, 0.1) is 6.33 Å². The molecule has 0 saturated carbocycles. The van der Waals surface area contributed by atoms with Crippen LogP contribution in [0.25, 0.3) is 5.70 Å². The Morgan fingerprint density at radius 2 is 1.73 bits per heavy atom. The molecule has 5 heteroatoms. The molecule has 0 aliphatic carbocycles. The molecule has 0 aliphatic rings. The van der Waals surface area contributed by atoms with Crippen LogP contribution >= 0.6 is 0 Å². The fourth-order valence-electron chi connectivity index (χ4n) is 1.19. The van der Waals surface area contributed by atoms with Crippen molar-refractivity contribution in [2.24, 2.45) is 0 Å². The number of carbonyl (C=O) groups excluding carboxylic acids is 1. The fourth-order valence-corrected chi connectivity index (χ4v) is 1.19. The first-order valence-electron chi connectivity index (χ1n) is 4.46. The summed E-state index contributed by atoms with van der Waals surface area (Å²) in [6, 6.07) is 0. The molecular formula is C10H10N4O. The lowest BCUT2D eigenvalue weighted by atomic mass is 10.4. The van der Waals surface area contributed by atoms with Gasteiger partial charge < -0.3 is 4.57 Å². The summed E-state index contributed by atoms with van der Waals surface area (Å²) in [4.78, 5) is 19.3. The molecule has 0 bridgehead atoms. The van der Waals surface area contributed by atoms with Crippen molar-refractivity contribution >= 4 is 11.6 Å². The lowest BCUT2D eigenvalue weighted by Gasteiger charge is -2.01. The molecule has 0 aliphatic heterocycles. The third kappa shape index (κ3) is 2.01. The van der Waals surface area contributed by atoms with Gasteiger partial charge in [-0.3, -0.25) is 9.36 Å². The molecule has 2 rings (SSSR count). The Morgan fingerprint density at radius 1 is 1.13 bits per heavy atom. The van der Waals surface area contributed by atoms with Crippen LogP contribution < -0.4 is 0 Å². The van der Waals surface area contributed by atoms with Crippen molar-refractivity contribution in [1.82, 2.24) is 19.1 Å². The van der Waals surface area contributed by atoms with Crippen LogP contribution in [-0.4, -0.2) is 25.0 Å². The van der Waals surface area contributed by atoms with E-state index in [1.807, 2.05) is 6.92 Å². The minimum Gasteiger partial charge on any atom is -0.310 e. The highest BCUT2D eigenvalue weighted by Crippen LogP contribution is 2.02. The van der Waals surface area contributed by atoms with Crippen LogP contribution in [-0.2, 0) is 0 Å². The summed E-state index contributed by atoms with van der Waals surface area (Å²) in [6.07, 6.45) is 11.3. The van der Waals surface area contributed by atoms with Gasteiger partial charge in [-0.25, -0.2) is 9.97 Å². The molecule has 2 heterocycles. The Labute approximate surface area is 86.7 Å². The number of aromatic nitrogens is 4. The van der Waals surface area contributed by atoms with Gasteiger partial charge in [-0.2, -0.15) is 0 Å². The van der Waals surface area contributed by atoms with Gasteiger partial charge >= 0.3 is 0 Å². The Balaban J connectivity index is 2.21. The molecule has 76 valence electrons. The average molecular weight is 202 g/mol. The molecular weight excluding hydrogens is 192 g/mol. The van der Waals surface area contributed by atoms with E-state index in [2.05, 4.69) is 9.97 Å². The zero-order chi connectivity index (χ0) is 10.7. The van der Waals surface area contributed by atoms with E-state index in [0.717, 1.165) is 5.70 Å². The zero-order valence-corrected chi connectivity index (χ0v) is 8.24. The normalized spacial score (nSPS) is 11.7. The van der Waals surface area contributed by atoms with E-state index in [1.54, 1.807) is 35.7 Å². The number of imidazole rings is 2. The van der Waals surface area contributed by atoms with Gasteiger partial charge in [0.2, 0.25) is 0 Å². The molecule has 0 saturated heterocycles. The van der Waals surface area contributed by atoms with E-state index in [-0.39, 0.29) is 5.91 Å². The van der Waals surface area contributed by atoms with Crippen LogP contribution in [0.15, 0.2) is 43.5 Å². The largest absolute Gasteiger partial charge is 0.310 e. The second-order valence-corrected chi connectivity index (χ2v) is 3.06. The first-order chi connectivity index (χ1) is 7.27. The van der Waals surface area contributed by atoms with Gasteiger partial charge in [-0.15, -0.1) is 0 Å².